The number of benzene rings is 1. The van der Waals surface area contributed by atoms with E-state index in [2.05, 4.69) is 34.3 Å². The fraction of sp³-hybridized carbons (Fsp3) is 0.545. The first-order valence-corrected chi connectivity index (χ1v) is 10.3. The van der Waals surface area contributed by atoms with Crippen LogP contribution in [0.3, 0.4) is 0 Å². The Labute approximate surface area is 167 Å². The molecule has 1 aliphatic heterocycles. The van der Waals surface area contributed by atoms with E-state index in [1.807, 2.05) is 29.9 Å². The Morgan fingerprint density at radius 1 is 1.25 bits per heavy atom. The molecule has 0 unspecified atom stereocenters. The smallest absolute Gasteiger partial charge is 0.223 e. The largest absolute Gasteiger partial charge is 0.486 e. The van der Waals surface area contributed by atoms with Gasteiger partial charge in [-0.25, -0.2) is 4.98 Å². The molecule has 2 heterocycles. The van der Waals surface area contributed by atoms with Gasteiger partial charge in [0.15, 0.2) is 0 Å². The van der Waals surface area contributed by atoms with Crippen molar-refractivity contribution in [2.24, 2.45) is 13.0 Å². The standard InChI is InChI=1S/C22H32N4O2/c1-3-4-11-24-22(27)19-9-13-26(14-10-19)16-18-5-7-20(8-6-18)28-17-21-23-12-15-25(21)2/h5-8,12,15,19H,3-4,9-11,13-14,16-17H2,1-2H3,(H,24,27). The molecule has 3 rings (SSSR count). The summed E-state index contributed by atoms with van der Waals surface area (Å²) >= 11 is 0. The van der Waals surface area contributed by atoms with E-state index in [1.54, 1.807) is 6.20 Å². The number of imidazole rings is 1. The van der Waals surface area contributed by atoms with Gasteiger partial charge in [0.25, 0.3) is 0 Å². The molecule has 0 bridgehead atoms. The lowest BCUT2D eigenvalue weighted by Crippen LogP contribution is -2.40. The van der Waals surface area contributed by atoms with E-state index in [0.717, 1.165) is 63.4 Å². The summed E-state index contributed by atoms with van der Waals surface area (Å²) in [6, 6.07) is 8.28. The average Bonchev–Trinajstić information content (AvgIpc) is 3.13. The predicted octanol–water partition coefficient (Wildman–Crippen LogP) is 3.13. The van der Waals surface area contributed by atoms with E-state index >= 15 is 0 Å². The third-order valence-corrected chi connectivity index (χ3v) is 5.41. The fourth-order valence-electron chi connectivity index (χ4n) is 3.52. The highest BCUT2D eigenvalue weighted by molar-refractivity contribution is 5.78. The molecule has 0 aliphatic carbocycles. The van der Waals surface area contributed by atoms with E-state index in [9.17, 15) is 4.79 Å². The van der Waals surface area contributed by atoms with Crippen LogP contribution in [0.4, 0.5) is 0 Å². The predicted molar refractivity (Wildman–Crippen MR) is 110 cm³/mol. The van der Waals surface area contributed by atoms with Crippen LogP contribution < -0.4 is 10.1 Å². The molecule has 2 aromatic rings. The second-order valence-electron chi connectivity index (χ2n) is 7.58. The van der Waals surface area contributed by atoms with Crippen molar-refractivity contribution < 1.29 is 9.53 Å². The highest BCUT2D eigenvalue weighted by Gasteiger charge is 2.24. The summed E-state index contributed by atoms with van der Waals surface area (Å²) in [5, 5.41) is 3.07. The lowest BCUT2D eigenvalue weighted by Gasteiger charge is -2.31. The lowest BCUT2D eigenvalue weighted by atomic mass is 9.95. The van der Waals surface area contributed by atoms with Crippen LogP contribution in [0.15, 0.2) is 36.7 Å². The van der Waals surface area contributed by atoms with Crippen LogP contribution in [-0.4, -0.2) is 40.0 Å². The third-order valence-electron chi connectivity index (χ3n) is 5.41. The van der Waals surface area contributed by atoms with E-state index in [0.29, 0.717) is 6.61 Å². The van der Waals surface area contributed by atoms with Crippen LogP contribution in [0.25, 0.3) is 0 Å². The minimum atomic E-state index is 0.176. The number of hydrogen-bond acceptors (Lipinski definition) is 4. The van der Waals surface area contributed by atoms with E-state index < -0.39 is 0 Å². The Balaban J connectivity index is 1.40. The number of hydrogen-bond donors (Lipinski definition) is 1. The number of carbonyl (C=O) groups is 1. The van der Waals surface area contributed by atoms with Gasteiger partial charge in [-0.05, 0) is 50.0 Å². The van der Waals surface area contributed by atoms with Gasteiger partial charge in [0, 0.05) is 38.4 Å². The Morgan fingerprint density at radius 3 is 2.64 bits per heavy atom. The third kappa shape index (κ3) is 5.83. The van der Waals surface area contributed by atoms with E-state index in [1.165, 1.54) is 5.56 Å². The number of ether oxygens (including phenoxy) is 1. The van der Waals surface area contributed by atoms with E-state index in [4.69, 9.17) is 4.74 Å². The van der Waals surface area contributed by atoms with Crippen molar-refractivity contribution in [1.29, 1.82) is 0 Å². The number of carbonyl (C=O) groups excluding carboxylic acids is 1. The highest BCUT2D eigenvalue weighted by Crippen LogP contribution is 2.20. The summed E-state index contributed by atoms with van der Waals surface area (Å²) in [7, 11) is 1.97. The van der Waals surface area contributed by atoms with Gasteiger partial charge in [-0.3, -0.25) is 9.69 Å². The van der Waals surface area contributed by atoms with Crippen LogP contribution in [-0.2, 0) is 25.0 Å². The second-order valence-corrected chi connectivity index (χ2v) is 7.58. The quantitative estimate of drug-likeness (QED) is 0.675. The molecule has 1 fully saturated rings. The molecule has 1 aliphatic rings. The van der Waals surface area contributed by atoms with Crippen molar-refractivity contribution >= 4 is 5.91 Å². The van der Waals surface area contributed by atoms with Crippen molar-refractivity contribution in [1.82, 2.24) is 19.8 Å². The second kappa shape index (κ2) is 10.3. The molecule has 1 amide bonds. The zero-order valence-corrected chi connectivity index (χ0v) is 17.1. The number of likely N-dealkylation sites (tertiary alicyclic amines) is 1. The Kier molecular flexibility index (Phi) is 7.48. The van der Waals surface area contributed by atoms with Gasteiger partial charge in [-0.2, -0.15) is 0 Å². The summed E-state index contributed by atoms with van der Waals surface area (Å²) in [5.41, 5.74) is 1.27. The molecule has 152 valence electrons. The molecule has 28 heavy (non-hydrogen) atoms. The number of aryl methyl sites for hydroxylation is 1. The molecular formula is C22H32N4O2. The number of rotatable bonds is 9. The summed E-state index contributed by atoms with van der Waals surface area (Å²) in [4.78, 5) is 18.9. The minimum Gasteiger partial charge on any atom is -0.486 e. The molecular weight excluding hydrogens is 352 g/mol. The van der Waals surface area contributed by atoms with Gasteiger partial charge < -0.3 is 14.6 Å². The topological polar surface area (TPSA) is 59.4 Å². The van der Waals surface area contributed by atoms with Gasteiger partial charge in [-0.15, -0.1) is 0 Å². The van der Waals surface area contributed by atoms with Crippen molar-refractivity contribution in [2.45, 2.75) is 45.8 Å². The van der Waals surface area contributed by atoms with Gasteiger partial charge in [0.2, 0.25) is 5.91 Å². The van der Waals surface area contributed by atoms with Gasteiger partial charge >= 0.3 is 0 Å². The van der Waals surface area contributed by atoms with Crippen LogP contribution >= 0.6 is 0 Å². The normalized spacial score (nSPS) is 15.5. The average molecular weight is 385 g/mol. The highest BCUT2D eigenvalue weighted by atomic mass is 16.5. The fourth-order valence-corrected chi connectivity index (χ4v) is 3.52. The van der Waals surface area contributed by atoms with Crippen LogP contribution in [0.5, 0.6) is 5.75 Å². The van der Waals surface area contributed by atoms with Crippen molar-refractivity contribution in [3.63, 3.8) is 0 Å². The molecule has 6 heteroatoms. The summed E-state index contributed by atoms with van der Waals surface area (Å²) in [6.45, 7) is 6.29. The lowest BCUT2D eigenvalue weighted by molar-refractivity contribution is -0.126. The van der Waals surface area contributed by atoms with Gasteiger partial charge in [0.1, 0.15) is 18.2 Å². The Morgan fingerprint density at radius 2 is 2.00 bits per heavy atom. The molecule has 0 spiro atoms. The van der Waals surface area contributed by atoms with Crippen LogP contribution in [0.1, 0.15) is 44.0 Å². The maximum Gasteiger partial charge on any atom is 0.223 e. The van der Waals surface area contributed by atoms with Crippen molar-refractivity contribution in [3.8, 4) is 5.75 Å². The molecule has 0 atom stereocenters. The number of nitrogens with one attached hydrogen (secondary N) is 1. The zero-order valence-electron chi connectivity index (χ0n) is 17.1. The molecule has 6 nitrogen and oxygen atoms in total. The number of piperidine rings is 1. The molecule has 1 N–H and O–H groups in total. The van der Waals surface area contributed by atoms with E-state index in [-0.39, 0.29) is 11.8 Å². The van der Waals surface area contributed by atoms with Gasteiger partial charge in [0.05, 0.1) is 0 Å². The summed E-state index contributed by atoms with van der Waals surface area (Å²) in [6.07, 6.45) is 7.77. The number of nitrogens with zero attached hydrogens (tertiary/aromatic N) is 3. The number of aromatic nitrogens is 2. The molecule has 1 aromatic heterocycles. The first-order chi connectivity index (χ1) is 13.7. The zero-order chi connectivity index (χ0) is 19.8. The maximum absolute atomic E-state index is 12.2. The minimum absolute atomic E-state index is 0.176. The van der Waals surface area contributed by atoms with Crippen LogP contribution in [0.2, 0.25) is 0 Å². The first-order valence-electron chi connectivity index (χ1n) is 10.3. The molecule has 0 saturated carbocycles. The monoisotopic (exact) mass is 384 g/mol. The van der Waals surface area contributed by atoms with Crippen LogP contribution in [0, 0.1) is 5.92 Å². The Bertz CT molecular complexity index is 733. The molecule has 0 radical (unpaired) electrons. The first kappa shape index (κ1) is 20.4. The number of amides is 1. The number of unbranched alkanes of at least 4 members (excludes halogenated alkanes) is 1. The van der Waals surface area contributed by atoms with Crippen molar-refractivity contribution in [3.05, 3.63) is 48.0 Å². The molecule has 1 saturated heterocycles. The Hall–Kier alpha value is -2.34. The summed E-state index contributed by atoms with van der Waals surface area (Å²) < 4.78 is 7.78. The van der Waals surface area contributed by atoms with Crippen molar-refractivity contribution in [2.75, 3.05) is 19.6 Å². The van der Waals surface area contributed by atoms with Gasteiger partial charge in [-0.1, -0.05) is 25.5 Å². The SMILES string of the molecule is CCCCNC(=O)C1CCN(Cc2ccc(OCc3nccn3C)cc2)CC1. The summed E-state index contributed by atoms with van der Waals surface area (Å²) in [5.74, 6) is 2.18. The molecule has 1 aromatic carbocycles. The maximum atomic E-state index is 12.2.